The molecule has 1 atom stereocenters. The highest BCUT2D eigenvalue weighted by molar-refractivity contribution is 5.97. The maximum atomic E-state index is 11.8. The molecule has 0 aliphatic heterocycles. The minimum Gasteiger partial charge on any atom is -0.479 e. The molecule has 0 unspecified atom stereocenters. The standard InChI is InChI=1S/C12H11N3O4/c16-10(12(18)19)6-15-11(17)7-1-2-8-9(5-7)14-4-3-13-8/h1-5,10,16H,6H2,(H,15,17)(H,18,19)/t10-/m0/s1. The first kappa shape index (κ1) is 12.9. The monoisotopic (exact) mass is 261 g/mol. The van der Waals surface area contributed by atoms with Crippen LogP contribution in [0.2, 0.25) is 0 Å². The van der Waals surface area contributed by atoms with Gasteiger partial charge in [0, 0.05) is 18.0 Å². The Kier molecular flexibility index (Phi) is 3.67. The number of hydrogen-bond donors (Lipinski definition) is 3. The number of benzene rings is 1. The van der Waals surface area contributed by atoms with Gasteiger partial charge < -0.3 is 15.5 Å². The van der Waals surface area contributed by atoms with E-state index in [2.05, 4.69) is 15.3 Å². The molecule has 2 aromatic rings. The lowest BCUT2D eigenvalue weighted by Gasteiger charge is -2.08. The van der Waals surface area contributed by atoms with Crippen LogP contribution in [0.3, 0.4) is 0 Å². The summed E-state index contributed by atoms with van der Waals surface area (Å²) >= 11 is 0. The number of carbonyl (C=O) groups is 2. The molecule has 1 amide bonds. The average Bonchev–Trinajstić information content (AvgIpc) is 2.43. The summed E-state index contributed by atoms with van der Waals surface area (Å²) in [5, 5.41) is 19.9. The molecule has 1 aromatic carbocycles. The SMILES string of the molecule is O=C(NC[C@H](O)C(=O)O)c1ccc2nccnc2c1. The molecule has 7 nitrogen and oxygen atoms in total. The molecule has 98 valence electrons. The predicted molar refractivity (Wildman–Crippen MR) is 65.5 cm³/mol. The number of aliphatic carboxylic acids is 1. The maximum Gasteiger partial charge on any atom is 0.334 e. The van der Waals surface area contributed by atoms with Crippen molar-refractivity contribution in [2.45, 2.75) is 6.10 Å². The number of amides is 1. The van der Waals surface area contributed by atoms with E-state index in [0.29, 0.717) is 16.6 Å². The van der Waals surface area contributed by atoms with E-state index in [4.69, 9.17) is 10.2 Å². The van der Waals surface area contributed by atoms with E-state index in [0.717, 1.165) is 0 Å². The van der Waals surface area contributed by atoms with Gasteiger partial charge in [0.2, 0.25) is 0 Å². The predicted octanol–water partition coefficient (Wildman–Crippen LogP) is -0.195. The molecule has 2 rings (SSSR count). The van der Waals surface area contributed by atoms with Crippen LogP contribution in [0.15, 0.2) is 30.6 Å². The van der Waals surface area contributed by atoms with Gasteiger partial charge in [-0.3, -0.25) is 14.8 Å². The van der Waals surface area contributed by atoms with Crippen molar-refractivity contribution < 1.29 is 19.8 Å². The van der Waals surface area contributed by atoms with Crippen molar-refractivity contribution in [2.24, 2.45) is 0 Å². The van der Waals surface area contributed by atoms with Gasteiger partial charge in [0.1, 0.15) is 0 Å². The van der Waals surface area contributed by atoms with Crippen LogP contribution in [-0.2, 0) is 4.79 Å². The van der Waals surface area contributed by atoms with Gasteiger partial charge in [0.05, 0.1) is 17.6 Å². The molecule has 0 radical (unpaired) electrons. The number of aliphatic hydroxyl groups excluding tert-OH is 1. The van der Waals surface area contributed by atoms with Crippen molar-refractivity contribution in [3.05, 3.63) is 36.2 Å². The van der Waals surface area contributed by atoms with Gasteiger partial charge in [-0.1, -0.05) is 0 Å². The van der Waals surface area contributed by atoms with Gasteiger partial charge in [0.15, 0.2) is 6.10 Å². The quantitative estimate of drug-likeness (QED) is 0.703. The van der Waals surface area contributed by atoms with Crippen molar-refractivity contribution in [3.8, 4) is 0 Å². The maximum absolute atomic E-state index is 11.8. The zero-order valence-corrected chi connectivity index (χ0v) is 9.78. The average molecular weight is 261 g/mol. The largest absolute Gasteiger partial charge is 0.479 e. The van der Waals surface area contributed by atoms with Gasteiger partial charge in [-0.2, -0.15) is 0 Å². The number of carbonyl (C=O) groups excluding carboxylic acids is 1. The summed E-state index contributed by atoms with van der Waals surface area (Å²) in [6.07, 6.45) is 1.44. The summed E-state index contributed by atoms with van der Waals surface area (Å²) in [4.78, 5) is 30.3. The fourth-order valence-corrected chi connectivity index (χ4v) is 1.48. The number of rotatable bonds is 4. The first-order valence-corrected chi connectivity index (χ1v) is 5.48. The Morgan fingerprint density at radius 2 is 1.89 bits per heavy atom. The molecule has 7 heteroatoms. The molecule has 0 aliphatic carbocycles. The second-order valence-corrected chi connectivity index (χ2v) is 3.82. The van der Waals surface area contributed by atoms with Crippen molar-refractivity contribution >= 4 is 22.9 Å². The summed E-state index contributed by atoms with van der Waals surface area (Å²) in [5.41, 5.74) is 1.55. The van der Waals surface area contributed by atoms with Crippen molar-refractivity contribution in [1.29, 1.82) is 0 Å². The summed E-state index contributed by atoms with van der Waals surface area (Å²) in [6.45, 7) is -0.354. The third-order valence-electron chi connectivity index (χ3n) is 2.47. The summed E-state index contributed by atoms with van der Waals surface area (Å²) < 4.78 is 0. The highest BCUT2D eigenvalue weighted by Crippen LogP contribution is 2.10. The van der Waals surface area contributed by atoms with Crippen LogP contribution in [0.5, 0.6) is 0 Å². The number of aliphatic hydroxyl groups is 1. The number of carboxylic acids is 1. The van der Waals surface area contributed by atoms with Gasteiger partial charge in [-0.15, -0.1) is 0 Å². The molecule has 1 aromatic heterocycles. The van der Waals surface area contributed by atoms with Crippen LogP contribution in [0.25, 0.3) is 11.0 Å². The van der Waals surface area contributed by atoms with Crippen LogP contribution in [0.4, 0.5) is 0 Å². The van der Waals surface area contributed by atoms with Gasteiger partial charge >= 0.3 is 5.97 Å². The molecular weight excluding hydrogens is 250 g/mol. The van der Waals surface area contributed by atoms with E-state index in [1.54, 1.807) is 24.4 Å². The highest BCUT2D eigenvalue weighted by atomic mass is 16.4. The van der Waals surface area contributed by atoms with Crippen molar-refractivity contribution in [3.63, 3.8) is 0 Å². The molecule has 0 aliphatic rings. The van der Waals surface area contributed by atoms with Gasteiger partial charge in [0.25, 0.3) is 5.91 Å². The molecular formula is C12H11N3O4. The Balaban J connectivity index is 2.11. The number of aromatic nitrogens is 2. The number of nitrogens with zero attached hydrogens (tertiary/aromatic N) is 2. The normalized spacial score (nSPS) is 12.1. The highest BCUT2D eigenvalue weighted by Gasteiger charge is 2.15. The summed E-state index contributed by atoms with van der Waals surface area (Å²) in [5.74, 6) is -1.86. The zero-order chi connectivity index (χ0) is 13.8. The molecule has 0 saturated heterocycles. The lowest BCUT2D eigenvalue weighted by Crippen LogP contribution is -2.36. The number of carboxylic acid groups (broad SMARTS) is 1. The van der Waals surface area contributed by atoms with E-state index in [1.165, 1.54) is 6.20 Å². The molecule has 3 N–H and O–H groups in total. The first-order valence-electron chi connectivity index (χ1n) is 5.48. The summed E-state index contributed by atoms with van der Waals surface area (Å²) in [7, 11) is 0. The second kappa shape index (κ2) is 5.40. The molecule has 0 saturated carbocycles. The lowest BCUT2D eigenvalue weighted by atomic mass is 10.2. The minimum atomic E-state index is -1.62. The van der Waals surface area contributed by atoms with E-state index in [9.17, 15) is 9.59 Å². The molecule has 0 bridgehead atoms. The Labute approximate surface area is 107 Å². The zero-order valence-electron chi connectivity index (χ0n) is 9.78. The van der Waals surface area contributed by atoms with Crippen LogP contribution < -0.4 is 5.32 Å². The van der Waals surface area contributed by atoms with Crippen molar-refractivity contribution in [2.75, 3.05) is 6.54 Å². The molecule has 0 spiro atoms. The summed E-state index contributed by atoms with van der Waals surface area (Å²) in [6, 6.07) is 4.75. The third-order valence-corrected chi connectivity index (χ3v) is 2.47. The van der Waals surface area contributed by atoms with E-state index < -0.39 is 18.0 Å². The molecule has 0 fully saturated rings. The second-order valence-electron chi connectivity index (χ2n) is 3.82. The molecule has 1 heterocycles. The Morgan fingerprint density at radius 1 is 1.21 bits per heavy atom. The Morgan fingerprint density at radius 3 is 2.58 bits per heavy atom. The van der Waals surface area contributed by atoms with E-state index in [1.807, 2.05) is 0 Å². The van der Waals surface area contributed by atoms with Crippen LogP contribution in [0.1, 0.15) is 10.4 Å². The topological polar surface area (TPSA) is 112 Å². The van der Waals surface area contributed by atoms with Gasteiger partial charge in [-0.25, -0.2) is 4.79 Å². The van der Waals surface area contributed by atoms with E-state index >= 15 is 0 Å². The smallest absolute Gasteiger partial charge is 0.334 e. The number of fused-ring (bicyclic) bond motifs is 1. The van der Waals surface area contributed by atoms with Crippen LogP contribution in [0, 0.1) is 0 Å². The fraction of sp³-hybridized carbons (Fsp3) is 0.167. The van der Waals surface area contributed by atoms with Crippen LogP contribution in [-0.4, -0.2) is 44.7 Å². The van der Waals surface area contributed by atoms with Crippen LogP contribution >= 0.6 is 0 Å². The Bertz CT molecular complexity index is 629. The lowest BCUT2D eigenvalue weighted by molar-refractivity contribution is -0.146. The third kappa shape index (κ3) is 3.02. The first-order chi connectivity index (χ1) is 9.08. The fourth-order valence-electron chi connectivity index (χ4n) is 1.48. The molecule has 19 heavy (non-hydrogen) atoms. The van der Waals surface area contributed by atoms with E-state index in [-0.39, 0.29) is 6.54 Å². The number of nitrogens with one attached hydrogen (secondary N) is 1. The Hall–Kier alpha value is -2.54. The van der Waals surface area contributed by atoms with Gasteiger partial charge in [-0.05, 0) is 18.2 Å². The van der Waals surface area contributed by atoms with Crippen molar-refractivity contribution in [1.82, 2.24) is 15.3 Å². The minimum absolute atomic E-state index is 0.325. The number of hydrogen-bond acceptors (Lipinski definition) is 5.